The van der Waals surface area contributed by atoms with E-state index in [1.54, 1.807) is 25.5 Å². The van der Waals surface area contributed by atoms with E-state index in [4.69, 9.17) is 4.52 Å². The van der Waals surface area contributed by atoms with Crippen molar-refractivity contribution in [2.75, 3.05) is 0 Å². The molecule has 6 nitrogen and oxygen atoms in total. The smallest absolute Gasteiger partial charge is 0.260 e. The predicted molar refractivity (Wildman–Crippen MR) is 95.5 cm³/mol. The molecule has 0 saturated carbocycles. The second-order valence-electron chi connectivity index (χ2n) is 5.24. The Morgan fingerprint density at radius 3 is 2.40 bits per heavy atom. The van der Waals surface area contributed by atoms with Crippen molar-refractivity contribution in [3.05, 3.63) is 66.9 Å². The maximum atomic E-state index is 5.43. The highest BCUT2D eigenvalue weighted by Crippen LogP contribution is 2.36. The number of pyridine rings is 1. The fourth-order valence-corrected chi connectivity index (χ4v) is 2.54. The summed E-state index contributed by atoms with van der Waals surface area (Å²) in [6.45, 7) is 1.79. The molecule has 4 aromatic rings. The van der Waals surface area contributed by atoms with Crippen LogP contribution >= 0.6 is 0 Å². The van der Waals surface area contributed by atoms with E-state index in [-0.39, 0.29) is 7.43 Å². The molecule has 3 aromatic heterocycles. The van der Waals surface area contributed by atoms with Gasteiger partial charge in [-0.1, -0.05) is 42.9 Å². The summed E-state index contributed by atoms with van der Waals surface area (Å²) in [7, 11) is 0. The van der Waals surface area contributed by atoms with Gasteiger partial charge < -0.3 is 4.52 Å². The lowest BCUT2D eigenvalue weighted by molar-refractivity contribution is 0.425. The normalized spacial score (nSPS) is 10.3. The number of aromatic nitrogens is 5. The number of rotatable bonds is 3. The minimum atomic E-state index is 0. The van der Waals surface area contributed by atoms with Crippen LogP contribution in [0.15, 0.2) is 65.6 Å². The first-order valence-corrected chi connectivity index (χ1v) is 7.45. The Morgan fingerprint density at radius 1 is 0.920 bits per heavy atom. The van der Waals surface area contributed by atoms with Crippen LogP contribution in [0.4, 0.5) is 0 Å². The molecule has 4 rings (SSSR count). The minimum Gasteiger partial charge on any atom is -0.334 e. The van der Waals surface area contributed by atoms with Crippen LogP contribution in [0.1, 0.15) is 13.3 Å². The molecule has 0 saturated heterocycles. The van der Waals surface area contributed by atoms with Crippen LogP contribution in [0.5, 0.6) is 0 Å². The van der Waals surface area contributed by atoms with Crippen LogP contribution in [0.2, 0.25) is 0 Å². The number of nitrogens with zero attached hydrogens (tertiary/aromatic N) is 5. The van der Waals surface area contributed by atoms with E-state index in [9.17, 15) is 0 Å². The average molecular weight is 331 g/mol. The fraction of sp³-hybridized carbons (Fsp3) is 0.105. The molecule has 6 heteroatoms. The first kappa shape index (κ1) is 16.4. The summed E-state index contributed by atoms with van der Waals surface area (Å²) >= 11 is 0. The van der Waals surface area contributed by atoms with Gasteiger partial charge in [-0.05, 0) is 24.6 Å². The number of benzene rings is 1. The van der Waals surface area contributed by atoms with Gasteiger partial charge in [-0.3, -0.25) is 4.98 Å². The summed E-state index contributed by atoms with van der Waals surface area (Å²) in [5.41, 5.74) is 4.14. The molecule has 0 N–H and O–H groups in total. The van der Waals surface area contributed by atoms with Crippen molar-refractivity contribution in [2.24, 2.45) is 0 Å². The van der Waals surface area contributed by atoms with E-state index in [0.717, 1.165) is 22.3 Å². The van der Waals surface area contributed by atoms with Gasteiger partial charge in [0.1, 0.15) is 5.69 Å². The highest BCUT2D eigenvalue weighted by Gasteiger charge is 2.20. The molecule has 0 fully saturated rings. The van der Waals surface area contributed by atoms with Gasteiger partial charge in [-0.25, -0.2) is 0 Å². The second kappa shape index (κ2) is 7.00. The Balaban J connectivity index is 0.00000182. The Labute approximate surface area is 145 Å². The SMILES string of the molecule is C.Cc1noc(-c2c(-c3ccccc3)cnnc2-c2cccnc2)n1. The third kappa shape index (κ3) is 3.14. The molecule has 0 aliphatic rings. The molecule has 0 radical (unpaired) electrons. The largest absolute Gasteiger partial charge is 0.334 e. The van der Waals surface area contributed by atoms with Gasteiger partial charge >= 0.3 is 0 Å². The molecular formula is C19H17N5O. The van der Waals surface area contributed by atoms with Crippen LogP contribution in [0.3, 0.4) is 0 Å². The zero-order chi connectivity index (χ0) is 16.4. The monoisotopic (exact) mass is 331 g/mol. The van der Waals surface area contributed by atoms with E-state index in [1.807, 2.05) is 42.5 Å². The van der Waals surface area contributed by atoms with Gasteiger partial charge in [-0.2, -0.15) is 10.1 Å². The highest BCUT2D eigenvalue weighted by molar-refractivity contribution is 5.88. The molecule has 0 aliphatic carbocycles. The Morgan fingerprint density at radius 2 is 1.72 bits per heavy atom. The van der Waals surface area contributed by atoms with Crippen molar-refractivity contribution < 1.29 is 4.52 Å². The molecule has 0 spiro atoms. The Bertz CT molecular complexity index is 910. The topological polar surface area (TPSA) is 77.6 Å². The van der Waals surface area contributed by atoms with E-state index in [0.29, 0.717) is 17.4 Å². The van der Waals surface area contributed by atoms with Crippen molar-refractivity contribution in [3.8, 4) is 33.8 Å². The maximum Gasteiger partial charge on any atom is 0.260 e. The van der Waals surface area contributed by atoms with Crippen LogP contribution < -0.4 is 0 Å². The summed E-state index contributed by atoms with van der Waals surface area (Å²) in [6, 6.07) is 13.7. The van der Waals surface area contributed by atoms with E-state index in [2.05, 4.69) is 25.3 Å². The molecular weight excluding hydrogens is 314 g/mol. The van der Waals surface area contributed by atoms with Crippen LogP contribution in [0.25, 0.3) is 33.8 Å². The summed E-state index contributed by atoms with van der Waals surface area (Å²) in [5, 5.41) is 12.4. The average Bonchev–Trinajstić information content (AvgIpc) is 3.08. The molecule has 0 bridgehead atoms. The van der Waals surface area contributed by atoms with E-state index in [1.165, 1.54) is 0 Å². The molecule has 0 aliphatic heterocycles. The summed E-state index contributed by atoms with van der Waals surface area (Å²) in [4.78, 5) is 8.56. The molecule has 124 valence electrons. The van der Waals surface area contributed by atoms with Gasteiger partial charge in [0, 0.05) is 23.5 Å². The van der Waals surface area contributed by atoms with Gasteiger partial charge in [0.05, 0.1) is 11.8 Å². The lowest BCUT2D eigenvalue weighted by atomic mass is 9.98. The van der Waals surface area contributed by atoms with Crippen LogP contribution in [-0.4, -0.2) is 25.3 Å². The number of hydrogen-bond acceptors (Lipinski definition) is 6. The fourth-order valence-electron chi connectivity index (χ4n) is 2.54. The first-order valence-electron chi connectivity index (χ1n) is 7.45. The standard InChI is InChI=1S/C18H13N5O.CH4/c1-12-21-18(24-23-12)16-15(13-6-3-2-4-7-13)11-20-22-17(16)14-8-5-9-19-10-14;/h2-11H,1H3;1H4. The van der Waals surface area contributed by atoms with Gasteiger partial charge in [0.25, 0.3) is 5.89 Å². The number of hydrogen-bond donors (Lipinski definition) is 0. The van der Waals surface area contributed by atoms with Gasteiger partial charge in [-0.15, -0.1) is 5.10 Å². The highest BCUT2D eigenvalue weighted by atomic mass is 16.5. The summed E-state index contributed by atoms with van der Waals surface area (Å²) < 4.78 is 5.43. The quantitative estimate of drug-likeness (QED) is 0.560. The predicted octanol–water partition coefficient (Wildman–Crippen LogP) is 4.20. The molecule has 0 amide bonds. The van der Waals surface area contributed by atoms with Crippen LogP contribution in [-0.2, 0) is 0 Å². The van der Waals surface area contributed by atoms with Crippen molar-refractivity contribution in [1.29, 1.82) is 0 Å². The lowest BCUT2D eigenvalue weighted by Gasteiger charge is -2.10. The van der Waals surface area contributed by atoms with Crippen molar-refractivity contribution in [2.45, 2.75) is 14.4 Å². The zero-order valence-electron chi connectivity index (χ0n) is 12.9. The molecule has 1 aromatic carbocycles. The van der Waals surface area contributed by atoms with Crippen molar-refractivity contribution in [1.82, 2.24) is 25.3 Å². The Kier molecular flexibility index (Phi) is 4.61. The minimum absolute atomic E-state index is 0. The third-order valence-electron chi connectivity index (χ3n) is 3.61. The second-order valence-corrected chi connectivity index (χ2v) is 5.24. The maximum absolute atomic E-state index is 5.43. The molecule has 0 unspecified atom stereocenters. The van der Waals surface area contributed by atoms with Crippen LogP contribution in [0, 0.1) is 6.92 Å². The Hall–Kier alpha value is -3.41. The lowest BCUT2D eigenvalue weighted by Crippen LogP contribution is -1.96. The molecule has 25 heavy (non-hydrogen) atoms. The van der Waals surface area contributed by atoms with Crippen molar-refractivity contribution in [3.63, 3.8) is 0 Å². The van der Waals surface area contributed by atoms with Gasteiger partial charge in [0.15, 0.2) is 5.82 Å². The zero-order valence-corrected chi connectivity index (χ0v) is 12.9. The third-order valence-corrected chi connectivity index (χ3v) is 3.61. The van der Waals surface area contributed by atoms with E-state index < -0.39 is 0 Å². The number of aryl methyl sites for hydroxylation is 1. The summed E-state index contributed by atoms with van der Waals surface area (Å²) in [6.07, 6.45) is 5.17. The van der Waals surface area contributed by atoms with Crippen molar-refractivity contribution >= 4 is 0 Å². The summed E-state index contributed by atoms with van der Waals surface area (Å²) in [5.74, 6) is 0.984. The van der Waals surface area contributed by atoms with Gasteiger partial charge in [0.2, 0.25) is 0 Å². The first-order chi connectivity index (χ1) is 11.8. The van der Waals surface area contributed by atoms with E-state index >= 15 is 0 Å². The molecule has 0 atom stereocenters. The molecule has 3 heterocycles.